The van der Waals surface area contributed by atoms with Crippen molar-refractivity contribution in [1.29, 1.82) is 0 Å². The van der Waals surface area contributed by atoms with Crippen molar-refractivity contribution in [2.24, 2.45) is 5.92 Å². The molecular weight excluding hydrogens is 446 g/mol. The van der Waals surface area contributed by atoms with E-state index in [1.165, 1.54) is 6.07 Å². The zero-order valence-electron chi connectivity index (χ0n) is 19.8. The maximum Gasteiger partial charge on any atom is 0.340 e. The molecule has 0 atom stereocenters. The second-order valence-electron chi connectivity index (χ2n) is 8.37. The van der Waals surface area contributed by atoms with E-state index in [1.54, 1.807) is 36.2 Å². The molecule has 7 heteroatoms. The number of aromatic nitrogens is 1. The van der Waals surface area contributed by atoms with Crippen molar-refractivity contribution >= 4 is 29.0 Å². The number of fused-ring (bicyclic) bond motifs is 1. The predicted octanol–water partition coefficient (Wildman–Crippen LogP) is 6.96. The number of carbonyl (C=O) groups excluding carboxylic acids is 1. The Hall–Kier alpha value is -2.73. The number of hydrogen-bond acceptors (Lipinski definition) is 4. The second-order valence-corrected chi connectivity index (χ2v) is 8.77. The number of anilines is 1. The fraction of sp³-hybridized carbons (Fsp3) is 0.385. The van der Waals surface area contributed by atoms with Gasteiger partial charge >= 0.3 is 5.97 Å². The lowest BCUT2D eigenvalue weighted by atomic mass is 9.94. The van der Waals surface area contributed by atoms with E-state index < -0.39 is 17.7 Å². The molecule has 2 heterocycles. The minimum absolute atomic E-state index is 0.0279. The molecule has 0 aliphatic carbocycles. The van der Waals surface area contributed by atoms with E-state index in [9.17, 15) is 13.6 Å². The number of benzene rings is 1. The van der Waals surface area contributed by atoms with Gasteiger partial charge in [0.15, 0.2) is 0 Å². The van der Waals surface area contributed by atoms with Crippen molar-refractivity contribution in [3.63, 3.8) is 0 Å². The fourth-order valence-electron chi connectivity index (χ4n) is 3.21. The molecule has 0 spiro atoms. The molecule has 2 aromatic rings. The van der Waals surface area contributed by atoms with E-state index in [0.29, 0.717) is 29.1 Å². The van der Waals surface area contributed by atoms with Gasteiger partial charge in [0.1, 0.15) is 11.6 Å². The van der Waals surface area contributed by atoms with Gasteiger partial charge in [-0.2, -0.15) is 4.39 Å². The van der Waals surface area contributed by atoms with Crippen molar-refractivity contribution < 1.29 is 18.3 Å². The van der Waals surface area contributed by atoms with Crippen LogP contribution in [0.2, 0.25) is 5.02 Å². The lowest BCUT2D eigenvalue weighted by Crippen LogP contribution is -2.27. The number of nitrogens with zero attached hydrogens (tertiary/aromatic N) is 2. The van der Waals surface area contributed by atoms with E-state index in [0.717, 1.165) is 12.3 Å². The Balaban J connectivity index is 0.000000890. The van der Waals surface area contributed by atoms with Crippen LogP contribution in [0.5, 0.6) is 0 Å². The highest BCUT2D eigenvalue weighted by atomic mass is 35.5. The summed E-state index contributed by atoms with van der Waals surface area (Å²) in [7, 11) is 0. The Kier molecular flexibility index (Phi) is 9.59. The number of hydrogen-bond donors (Lipinski definition) is 0. The largest absolute Gasteiger partial charge is 0.462 e. The summed E-state index contributed by atoms with van der Waals surface area (Å²) < 4.78 is 34.2. The molecule has 1 aliphatic heterocycles. The molecule has 0 unspecified atom stereocenters. The Morgan fingerprint density at radius 3 is 2.48 bits per heavy atom. The predicted molar refractivity (Wildman–Crippen MR) is 130 cm³/mol. The quantitative estimate of drug-likeness (QED) is 0.334. The molecule has 4 nitrogen and oxygen atoms in total. The standard InChI is InChI=1S/C22H21ClF2N2O2.C4H10/c1-4-9-27-12-17(22(28)29-5-2)13(3)16-11-15(20(25)26-21(16)27)10-14-7-6-8-18(23)19(14)24;1-4(2)3/h6-8,11-12H,3-5,9-10H2,1-2H3;4H,1-3H3. The third kappa shape index (κ3) is 6.64. The summed E-state index contributed by atoms with van der Waals surface area (Å²) in [6.45, 7) is 14.9. The Morgan fingerprint density at radius 1 is 1.21 bits per heavy atom. The average molecular weight is 477 g/mol. The van der Waals surface area contributed by atoms with Gasteiger partial charge in [-0.15, -0.1) is 0 Å². The molecule has 0 amide bonds. The zero-order chi connectivity index (χ0) is 24.7. The highest BCUT2D eigenvalue weighted by Gasteiger charge is 2.28. The van der Waals surface area contributed by atoms with Crippen LogP contribution in [0.15, 0.2) is 42.6 Å². The van der Waals surface area contributed by atoms with Gasteiger partial charge in [-0.05, 0) is 42.5 Å². The van der Waals surface area contributed by atoms with Crippen LogP contribution < -0.4 is 4.90 Å². The van der Waals surface area contributed by atoms with Crippen LogP contribution in [0.1, 0.15) is 57.7 Å². The van der Waals surface area contributed by atoms with E-state index in [-0.39, 0.29) is 29.2 Å². The summed E-state index contributed by atoms with van der Waals surface area (Å²) in [5, 5.41) is -0.0279. The first kappa shape index (κ1) is 26.5. The normalized spacial score (nSPS) is 12.7. The number of ether oxygens (including phenoxy) is 1. The van der Waals surface area contributed by atoms with E-state index >= 15 is 0 Å². The van der Waals surface area contributed by atoms with Gasteiger partial charge in [-0.1, -0.05) is 58.0 Å². The molecule has 0 saturated heterocycles. The monoisotopic (exact) mass is 476 g/mol. The SMILES string of the molecule is C=C1C(C(=O)OCC)=CN(CCC)c2nc(F)c(Cc3cccc(Cl)c3F)cc21.CC(C)C. The first-order valence-corrected chi connectivity index (χ1v) is 11.5. The lowest BCUT2D eigenvalue weighted by molar-refractivity contribution is -0.138. The first-order chi connectivity index (χ1) is 15.6. The number of carbonyl (C=O) groups is 1. The summed E-state index contributed by atoms with van der Waals surface area (Å²) in [4.78, 5) is 18.2. The summed E-state index contributed by atoms with van der Waals surface area (Å²) in [6.07, 6.45) is 2.32. The molecule has 0 saturated carbocycles. The molecule has 3 rings (SSSR count). The molecule has 33 heavy (non-hydrogen) atoms. The summed E-state index contributed by atoms with van der Waals surface area (Å²) >= 11 is 5.83. The number of halogens is 3. The zero-order valence-corrected chi connectivity index (χ0v) is 20.6. The Labute approximate surface area is 199 Å². The van der Waals surface area contributed by atoms with Crippen molar-refractivity contribution in [2.75, 3.05) is 18.1 Å². The molecule has 0 fully saturated rings. The van der Waals surface area contributed by atoms with Crippen LogP contribution >= 0.6 is 11.6 Å². The first-order valence-electron chi connectivity index (χ1n) is 11.1. The molecule has 1 aromatic heterocycles. The van der Waals surface area contributed by atoms with Gasteiger partial charge in [0.25, 0.3) is 0 Å². The highest BCUT2D eigenvalue weighted by Crippen LogP contribution is 2.37. The van der Waals surface area contributed by atoms with Gasteiger partial charge < -0.3 is 9.64 Å². The summed E-state index contributed by atoms with van der Waals surface area (Å²) in [5.74, 6) is -0.594. The molecular formula is C26H31ClF2N2O2. The lowest BCUT2D eigenvalue weighted by Gasteiger charge is -2.29. The van der Waals surface area contributed by atoms with Gasteiger partial charge in [0, 0.05) is 30.3 Å². The summed E-state index contributed by atoms with van der Waals surface area (Å²) in [5.41, 5.74) is 1.65. The van der Waals surface area contributed by atoms with E-state index in [1.807, 2.05) is 6.92 Å². The molecule has 0 radical (unpaired) electrons. The van der Waals surface area contributed by atoms with Crippen molar-refractivity contribution in [3.05, 3.63) is 76.1 Å². The molecule has 178 valence electrons. The van der Waals surface area contributed by atoms with E-state index in [4.69, 9.17) is 16.3 Å². The maximum absolute atomic E-state index is 14.8. The number of pyridine rings is 1. The van der Waals surface area contributed by atoms with Gasteiger partial charge in [0.2, 0.25) is 5.95 Å². The fourth-order valence-corrected chi connectivity index (χ4v) is 3.41. The van der Waals surface area contributed by atoms with Crippen molar-refractivity contribution in [1.82, 2.24) is 4.98 Å². The third-order valence-corrected chi connectivity index (χ3v) is 4.90. The van der Waals surface area contributed by atoms with Gasteiger partial charge in [0.05, 0.1) is 17.2 Å². The van der Waals surface area contributed by atoms with Crippen molar-refractivity contribution in [3.8, 4) is 0 Å². The van der Waals surface area contributed by atoms with Crippen LogP contribution in [0.3, 0.4) is 0 Å². The minimum atomic E-state index is -0.704. The average Bonchev–Trinajstić information content (AvgIpc) is 2.74. The maximum atomic E-state index is 14.8. The Bertz CT molecular complexity index is 1050. The minimum Gasteiger partial charge on any atom is -0.462 e. The second kappa shape index (κ2) is 11.9. The Morgan fingerprint density at radius 2 is 1.88 bits per heavy atom. The summed E-state index contributed by atoms with van der Waals surface area (Å²) in [6, 6.07) is 6.15. The van der Waals surface area contributed by atoms with E-state index in [2.05, 4.69) is 32.3 Å². The number of rotatable bonds is 6. The van der Waals surface area contributed by atoms with Gasteiger partial charge in [-0.25, -0.2) is 14.2 Å². The third-order valence-electron chi connectivity index (χ3n) is 4.61. The topological polar surface area (TPSA) is 42.4 Å². The highest BCUT2D eigenvalue weighted by molar-refractivity contribution is 6.30. The van der Waals surface area contributed by atoms with Crippen LogP contribution in [0, 0.1) is 17.7 Å². The van der Waals surface area contributed by atoms with Crippen molar-refractivity contribution in [2.45, 2.75) is 47.5 Å². The van der Waals surface area contributed by atoms with Crippen LogP contribution in [0.25, 0.3) is 5.57 Å². The molecule has 0 bridgehead atoms. The number of esters is 1. The molecule has 1 aliphatic rings. The van der Waals surface area contributed by atoms with Gasteiger partial charge in [-0.3, -0.25) is 0 Å². The molecule has 1 aromatic carbocycles. The molecule has 0 N–H and O–H groups in total. The van der Waals surface area contributed by atoms with Crippen LogP contribution in [0.4, 0.5) is 14.6 Å². The smallest absolute Gasteiger partial charge is 0.340 e. The van der Waals surface area contributed by atoms with Crippen LogP contribution in [-0.2, 0) is 16.0 Å². The van der Waals surface area contributed by atoms with Crippen LogP contribution in [-0.4, -0.2) is 24.1 Å².